The first-order valence-electron chi connectivity index (χ1n) is 12.3. The molecule has 0 radical (unpaired) electrons. The van der Waals surface area contributed by atoms with Crippen molar-refractivity contribution in [1.82, 2.24) is 14.9 Å². The molecule has 3 aromatic carbocycles. The Balaban J connectivity index is 0.000000696. The van der Waals surface area contributed by atoms with Gasteiger partial charge in [0.1, 0.15) is 11.5 Å². The van der Waals surface area contributed by atoms with E-state index < -0.39 is 17.8 Å². The van der Waals surface area contributed by atoms with Gasteiger partial charge in [-0.3, -0.25) is 0 Å². The smallest absolute Gasteiger partial charge is 0.416 e. The number of aromatic nitrogens is 2. The minimum absolute atomic E-state index is 0.0456. The highest BCUT2D eigenvalue weighted by Crippen LogP contribution is 2.36. The second-order valence-electron chi connectivity index (χ2n) is 8.96. The van der Waals surface area contributed by atoms with Gasteiger partial charge in [-0.1, -0.05) is 24.3 Å². The van der Waals surface area contributed by atoms with Gasteiger partial charge in [0.25, 0.3) is 0 Å². The third-order valence-corrected chi connectivity index (χ3v) is 5.67. The summed E-state index contributed by atoms with van der Waals surface area (Å²) >= 11 is 5.91. The predicted octanol–water partition coefficient (Wildman–Crippen LogP) is 6.56. The highest BCUT2D eigenvalue weighted by atomic mass is 35.5. The molecule has 0 aliphatic carbocycles. The van der Waals surface area contributed by atoms with Crippen molar-refractivity contribution in [3.05, 3.63) is 77.2 Å². The van der Waals surface area contributed by atoms with E-state index in [-0.39, 0.29) is 22.6 Å². The molecule has 0 saturated heterocycles. The summed E-state index contributed by atoms with van der Waals surface area (Å²) in [5, 5.41) is 6.42. The topological polar surface area (TPSA) is 115 Å². The van der Waals surface area contributed by atoms with Gasteiger partial charge < -0.3 is 30.7 Å². The van der Waals surface area contributed by atoms with Crippen LogP contribution in [0.1, 0.15) is 11.3 Å². The van der Waals surface area contributed by atoms with Crippen LogP contribution in [-0.2, 0) is 6.18 Å². The van der Waals surface area contributed by atoms with E-state index in [1.807, 2.05) is 14.1 Å². The van der Waals surface area contributed by atoms with Crippen LogP contribution in [0, 0.1) is 6.92 Å². The fourth-order valence-electron chi connectivity index (χ4n) is 3.66. The molecule has 218 valence electrons. The van der Waals surface area contributed by atoms with Crippen molar-refractivity contribution in [2.75, 3.05) is 44.9 Å². The lowest BCUT2D eigenvalue weighted by atomic mass is 10.1. The summed E-state index contributed by atoms with van der Waals surface area (Å²) < 4.78 is 50.3. The molecule has 0 atom stereocenters. The van der Waals surface area contributed by atoms with Crippen molar-refractivity contribution < 1.29 is 27.4 Å². The molecule has 0 saturated carbocycles. The number of alkyl halides is 3. The van der Waals surface area contributed by atoms with Crippen molar-refractivity contribution in [3.63, 3.8) is 0 Å². The molecule has 9 nitrogen and oxygen atoms in total. The zero-order valence-corrected chi connectivity index (χ0v) is 23.6. The minimum atomic E-state index is -4.57. The Bertz CT molecular complexity index is 1480. The van der Waals surface area contributed by atoms with E-state index in [1.54, 1.807) is 49.4 Å². The number of methoxy groups -OCH3 is 1. The number of ether oxygens (including phenoxy) is 2. The van der Waals surface area contributed by atoms with Crippen molar-refractivity contribution in [2.45, 2.75) is 13.1 Å². The number of anilines is 2. The Labute approximate surface area is 240 Å². The van der Waals surface area contributed by atoms with Gasteiger partial charge in [-0.25, -0.2) is 9.78 Å². The first-order chi connectivity index (χ1) is 19.4. The highest BCUT2D eigenvalue weighted by Gasteiger charge is 2.31. The number of carbonyl (C=O) groups excluding carboxylic acids is 1. The number of hydrogen-bond donors (Lipinski definition) is 3. The lowest BCUT2D eigenvalue weighted by molar-refractivity contribution is -0.137. The molecule has 0 aliphatic rings. The minimum Gasteiger partial charge on any atom is -0.495 e. The number of fused-ring (bicyclic) bond motifs is 1. The van der Waals surface area contributed by atoms with E-state index in [2.05, 4.69) is 25.5 Å². The monoisotopic (exact) mass is 590 g/mol. The number of halogens is 4. The summed E-state index contributed by atoms with van der Waals surface area (Å²) in [6.45, 7) is 3.50. The maximum Gasteiger partial charge on any atom is 0.416 e. The van der Waals surface area contributed by atoms with Crippen molar-refractivity contribution >= 4 is 39.8 Å². The van der Waals surface area contributed by atoms with Crippen LogP contribution in [0.3, 0.4) is 0 Å². The molecular weight excluding hydrogens is 561 g/mol. The van der Waals surface area contributed by atoms with Gasteiger partial charge in [-0.15, -0.1) is 0 Å². The van der Waals surface area contributed by atoms with Gasteiger partial charge in [0, 0.05) is 35.6 Å². The second-order valence-corrected chi connectivity index (χ2v) is 9.30. The maximum absolute atomic E-state index is 13.1. The lowest BCUT2D eigenvalue weighted by Crippen LogP contribution is -2.20. The van der Waals surface area contributed by atoms with Gasteiger partial charge in [-0.05, 0) is 63.0 Å². The fraction of sp³-hybridized carbons (Fsp3) is 0.250. The molecule has 1 aromatic heterocycles. The summed E-state index contributed by atoms with van der Waals surface area (Å²) in [6.07, 6.45) is -4.57. The SMILES string of the molecule is CN(C)CCN.COc1ccc(C(F)(F)F)cc1NC(=O)Nc1ccc(Oc2cc(C)nc(Cl)n2)c2ccccc12. The Morgan fingerprint density at radius 1 is 0.976 bits per heavy atom. The Morgan fingerprint density at radius 2 is 1.63 bits per heavy atom. The number of nitrogens with two attached hydrogens (primary N) is 1. The number of nitrogens with zero attached hydrogens (tertiary/aromatic N) is 3. The van der Waals surface area contributed by atoms with Gasteiger partial charge in [0.15, 0.2) is 0 Å². The highest BCUT2D eigenvalue weighted by molar-refractivity contribution is 6.28. The van der Waals surface area contributed by atoms with Gasteiger partial charge >= 0.3 is 12.2 Å². The molecular formula is C28H30ClF3N6O3. The summed E-state index contributed by atoms with van der Waals surface area (Å²) in [7, 11) is 5.31. The second kappa shape index (κ2) is 14.0. The quantitative estimate of drug-likeness (QED) is 0.209. The molecule has 4 N–H and O–H groups in total. The molecule has 1 heterocycles. The number of benzene rings is 3. The Morgan fingerprint density at radius 3 is 2.22 bits per heavy atom. The van der Waals surface area contributed by atoms with Crippen molar-refractivity contribution in [1.29, 1.82) is 0 Å². The molecule has 0 unspecified atom stereocenters. The summed E-state index contributed by atoms with van der Waals surface area (Å²) in [4.78, 5) is 22.8. The van der Waals surface area contributed by atoms with Crippen LogP contribution in [0.2, 0.25) is 5.28 Å². The number of rotatable bonds is 7. The van der Waals surface area contributed by atoms with Crippen LogP contribution >= 0.6 is 11.6 Å². The molecule has 41 heavy (non-hydrogen) atoms. The summed E-state index contributed by atoms with van der Waals surface area (Å²) in [5.74, 6) is 0.795. The van der Waals surface area contributed by atoms with E-state index in [9.17, 15) is 18.0 Å². The number of urea groups is 1. The standard InChI is InChI=1S/C24H18ClF3N4O3.C4H12N2/c1-13-11-21(32-22(25)29-13)35-19-10-8-17(15-5-3-4-6-16(15)19)30-23(33)31-18-12-14(24(26,27)28)7-9-20(18)34-2;1-6(2)4-3-5/h3-12H,1-2H3,(H2,30,31,33);3-5H2,1-2H3. The fourth-order valence-corrected chi connectivity index (χ4v) is 3.87. The molecule has 0 bridgehead atoms. The van der Waals surface area contributed by atoms with Gasteiger partial charge in [-0.2, -0.15) is 18.2 Å². The third-order valence-electron chi connectivity index (χ3n) is 5.50. The molecule has 0 aliphatic heterocycles. The van der Waals surface area contributed by atoms with Crippen LogP contribution in [-0.4, -0.2) is 55.2 Å². The molecule has 0 spiro atoms. The number of amides is 2. The number of carbonyl (C=O) groups is 1. The number of hydrogen-bond acceptors (Lipinski definition) is 7. The third kappa shape index (κ3) is 8.93. The van der Waals surface area contributed by atoms with Crippen LogP contribution in [0.4, 0.5) is 29.3 Å². The van der Waals surface area contributed by atoms with E-state index in [0.29, 0.717) is 27.9 Å². The summed E-state index contributed by atoms with van der Waals surface area (Å²) in [6, 6.07) is 14.1. The Hall–Kier alpha value is -4.13. The molecule has 13 heteroatoms. The molecule has 4 rings (SSSR count). The molecule has 2 amide bonds. The van der Waals surface area contributed by atoms with Crippen LogP contribution < -0.4 is 25.8 Å². The van der Waals surface area contributed by atoms with Gasteiger partial charge in [0.05, 0.1) is 24.0 Å². The van der Waals surface area contributed by atoms with Crippen LogP contribution in [0.25, 0.3) is 10.8 Å². The average Bonchev–Trinajstić information content (AvgIpc) is 2.89. The lowest BCUT2D eigenvalue weighted by Gasteiger charge is -2.16. The first-order valence-corrected chi connectivity index (χ1v) is 12.7. The van der Waals surface area contributed by atoms with Gasteiger partial charge in [0.2, 0.25) is 11.2 Å². The zero-order valence-electron chi connectivity index (χ0n) is 22.8. The predicted molar refractivity (Wildman–Crippen MR) is 154 cm³/mol. The van der Waals surface area contributed by atoms with E-state index in [0.717, 1.165) is 31.3 Å². The molecule has 4 aromatic rings. The number of likely N-dealkylation sites (N-methyl/N-ethyl adjacent to an activating group) is 1. The normalized spacial score (nSPS) is 11.1. The average molecular weight is 591 g/mol. The van der Waals surface area contributed by atoms with E-state index >= 15 is 0 Å². The maximum atomic E-state index is 13.1. The number of aryl methyl sites for hydroxylation is 1. The first kappa shape index (κ1) is 31.4. The largest absolute Gasteiger partial charge is 0.495 e. The zero-order chi connectivity index (χ0) is 30.2. The molecule has 0 fully saturated rings. The van der Waals surface area contributed by atoms with Crippen molar-refractivity contribution in [3.8, 4) is 17.4 Å². The van der Waals surface area contributed by atoms with E-state index in [4.69, 9.17) is 26.8 Å². The van der Waals surface area contributed by atoms with Crippen LogP contribution in [0.15, 0.2) is 60.7 Å². The van der Waals surface area contributed by atoms with Crippen LogP contribution in [0.5, 0.6) is 17.4 Å². The summed E-state index contributed by atoms with van der Waals surface area (Å²) in [5.41, 5.74) is 5.19. The number of nitrogens with one attached hydrogen (secondary N) is 2. The van der Waals surface area contributed by atoms with Crippen molar-refractivity contribution in [2.24, 2.45) is 5.73 Å². The Kier molecular flexibility index (Phi) is 10.7. The van der Waals surface area contributed by atoms with E-state index in [1.165, 1.54) is 7.11 Å².